The molecule has 1 unspecified atom stereocenters. The molecule has 0 aliphatic rings. The largest absolute Gasteiger partial charge is 0.497 e. The third-order valence-electron chi connectivity index (χ3n) is 2.38. The molecule has 17 heavy (non-hydrogen) atoms. The summed E-state index contributed by atoms with van der Waals surface area (Å²) in [5.74, 6) is 0.344. The maximum atomic E-state index is 11.2. The van der Waals surface area contributed by atoms with Crippen molar-refractivity contribution in [3.05, 3.63) is 22.7 Å². The number of methoxy groups -OCH3 is 2. The minimum absolute atomic E-state index is 0.196. The van der Waals surface area contributed by atoms with E-state index in [1.807, 2.05) is 25.1 Å². The van der Waals surface area contributed by atoms with Crippen LogP contribution in [-0.2, 0) is 9.53 Å². The van der Waals surface area contributed by atoms with E-state index in [9.17, 15) is 4.79 Å². The highest BCUT2D eigenvalue weighted by molar-refractivity contribution is 9.10. The fourth-order valence-corrected chi connectivity index (χ4v) is 1.70. The Bertz CT molecular complexity index is 395. The number of nitrogens with one attached hydrogen (secondary N) is 1. The van der Waals surface area contributed by atoms with E-state index >= 15 is 0 Å². The lowest BCUT2D eigenvalue weighted by atomic mass is 10.2. The van der Waals surface area contributed by atoms with Crippen LogP contribution in [0.3, 0.4) is 0 Å². The van der Waals surface area contributed by atoms with Crippen molar-refractivity contribution in [2.45, 2.75) is 6.92 Å². The van der Waals surface area contributed by atoms with E-state index in [0.717, 1.165) is 15.9 Å². The minimum atomic E-state index is -0.225. The van der Waals surface area contributed by atoms with Crippen molar-refractivity contribution in [1.29, 1.82) is 0 Å². The van der Waals surface area contributed by atoms with Crippen LogP contribution >= 0.6 is 15.9 Å². The molecular formula is C12H16BrNO3. The van der Waals surface area contributed by atoms with Crippen LogP contribution in [0.25, 0.3) is 0 Å². The summed E-state index contributed by atoms with van der Waals surface area (Å²) in [5, 5.41) is 3.17. The van der Waals surface area contributed by atoms with Crippen LogP contribution in [0.4, 0.5) is 5.69 Å². The number of hydrogen-bond donors (Lipinski definition) is 1. The molecule has 5 heteroatoms. The zero-order valence-corrected chi connectivity index (χ0v) is 11.7. The lowest BCUT2D eigenvalue weighted by Crippen LogP contribution is -2.21. The normalized spacial score (nSPS) is 11.8. The molecule has 1 atom stereocenters. The van der Waals surface area contributed by atoms with Crippen molar-refractivity contribution in [3.8, 4) is 5.75 Å². The van der Waals surface area contributed by atoms with Crippen molar-refractivity contribution < 1.29 is 14.3 Å². The molecule has 0 aliphatic carbocycles. The summed E-state index contributed by atoms with van der Waals surface area (Å²) in [5.41, 5.74) is 0.889. The lowest BCUT2D eigenvalue weighted by molar-refractivity contribution is -0.144. The lowest BCUT2D eigenvalue weighted by Gasteiger charge is -2.13. The summed E-state index contributed by atoms with van der Waals surface area (Å²) in [4.78, 5) is 11.2. The molecular weight excluding hydrogens is 286 g/mol. The SMILES string of the molecule is COC(=O)C(C)CNc1cc(OC)ccc1Br. The Hall–Kier alpha value is -1.23. The van der Waals surface area contributed by atoms with Gasteiger partial charge in [-0.2, -0.15) is 0 Å². The van der Waals surface area contributed by atoms with Crippen LogP contribution in [0.5, 0.6) is 5.75 Å². The van der Waals surface area contributed by atoms with Gasteiger partial charge in [0.05, 0.1) is 25.8 Å². The summed E-state index contributed by atoms with van der Waals surface area (Å²) < 4.78 is 10.7. The standard InChI is InChI=1S/C12H16BrNO3/c1-8(12(15)17-3)7-14-11-6-9(16-2)4-5-10(11)13/h4-6,8,14H,7H2,1-3H3. The zero-order chi connectivity index (χ0) is 12.8. The molecule has 1 rings (SSSR count). The molecule has 0 spiro atoms. The molecule has 1 aromatic carbocycles. The van der Waals surface area contributed by atoms with Gasteiger partial charge >= 0.3 is 5.97 Å². The van der Waals surface area contributed by atoms with Gasteiger partial charge in [-0.3, -0.25) is 4.79 Å². The van der Waals surface area contributed by atoms with E-state index in [-0.39, 0.29) is 11.9 Å². The molecule has 1 N–H and O–H groups in total. The molecule has 0 aliphatic heterocycles. The van der Waals surface area contributed by atoms with Gasteiger partial charge in [-0.1, -0.05) is 6.92 Å². The number of benzene rings is 1. The second-order valence-electron chi connectivity index (χ2n) is 3.65. The molecule has 0 fully saturated rings. The van der Waals surface area contributed by atoms with Crippen LogP contribution in [0.1, 0.15) is 6.92 Å². The van der Waals surface area contributed by atoms with E-state index in [4.69, 9.17) is 4.74 Å². The second-order valence-corrected chi connectivity index (χ2v) is 4.51. The third kappa shape index (κ3) is 3.93. The van der Waals surface area contributed by atoms with Gasteiger partial charge in [-0.25, -0.2) is 0 Å². The van der Waals surface area contributed by atoms with Gasteiger partial charge in [-0.15, -0.1) is 0 Å². The fourth-order valence-electron chi connectivity index (χ4n) is 1.31. The fraction of sp³-hybridized carbons (Fsp3) is 0.417. The van der Waals surface area contributed by atoms with Crippen LogP contribution < -0.4 is 10.1 Å². The average molecular weight is 302 g/mol. The van der Waals surface area contributed by atoms with Gasteiger partial charge in [0, 0.05) is 17.1 Å². The highest BCUT2D eigenvalue weighted by atomic mass is 79.9. The van der Waals surface area contributed by atoms with Crippen molar-refractivity contribution >= 4 is 27.6 Å². The number of esters is 1. The summed E-state index contributed by atoms with van der Waals surface area (Å²) in [6.07, 6.45) is 0. The van der Waals surface area contributed by atoms with Crippen molar-refractivity contribution in [1.82, 2.24) is 0 Å². The molecule has 1 aromatic rings. The first kappa shape index (κ1) is 13.8. The number of ether oxygens (including phenoxy) is 2. The number of rotatable bonds is 5. The molecule has 0 saturated carbocycles. The van der Waals surface area contributed by atoms with E-state index in [0.29, 0.717) is 6.54 Å². The molecule has 0 saturated heterocycles. The number of halogens is 1. The van der Waals surface area contributed by atoms with Gasteiger partial charge in [0.1, 0.15) is 5.75 Å². The van der Waals surface area contributed by atoms with E-state index < -0.39 is 0 Å². The Labute approximate surface area is 109 Å². The summed E-state index contributed by atoms with van der Waals surface area (Å²) in [6.45, 7) is 2.32. The molecule has 0 heterocycles. The van der Waals surface area contributed by atoms with Crippen molar-refractivity contribution in [2.75, 3.05) is 26.1 Å². The van der Waals surface area contributed by atoms with Crippen molar-refractivity contribution in [2.24, 2.45) is 5.92 Å². The summed E-state index contributed by atoms with van der Waals surface area (Å²) >= 11 is 3.43. The van der Waals surface area contributed by atoms with Crippen LogP contribution in [0.2, 0.25) is 0 Å². The molecule has 0 bridgehead atoms. The smallest absolute Gasteiger partial charge is 0.310 e. The monoisotopic (exact) mass is 301 g/mol. The van der Waals surface area contributed by atoms with Gasteiger partial charge in [-0.05, 0) is 28.1 Å². The Morgan fingerprint density at radius 2 is 2.18 bits per heavy atom. The van der Waals surface area contributed by atoms with Gasteiger partial charge in [0.15, 0.2) is 0 Å². The Morgan fingerprint density at radius 1 is 1.47 bits per heavy atom. The first-order valence-corrected chi connectivity index (χ1v) is 6.03. The number of anilines is 1. The Balaban J connectivity index is 2.65. The highest BCUT2D eigenvalue weighted by Crippen LogP contribution is 2.27. The van der Waals surface area contributed by atoms with E-state index in [1.165, 1.54) is 7.11 Å². The highest BCUT2D eigenvalue weighted by Gasteiger charge is 2.13. The molecule has 0 amide bonds. The molecule has 0 aromatic heterocycles. The Kier molecular flexibility index (Phi) is 5.28. The van der Waals surface area contributed by atoms with E-state index in [2.05, 4.69) is 26.0 Å². The Morgan fingerprint density at radius 3 is 2.76 bits per heavy atom. The van der Waals surface area contributed by atoms with Crippen LogP contribution in [0.15, 0.2) is 22.7 Å². The topological polar surface area (TPSA) is 47.6 Å². The summed E-state index contributed by atoms with van der Waals surface area (Å²) in [7, 11) is 3.00. The third-order valence-corrected chi connectivity index (χ3v) is 3.07. The number of carbonyl (C=O) groups excluding carboxylic acids is 1. The second kappa shape index (κ2) is 6.49. The van der Waals surface area contributed by atoms with Crippen LogP contribution in [0, 0.1) is 5.92 Å². The average Bonchev–Trinajstić information content (AvgIpc) is 2.36. The van der Waals surface area contributed by atoms with Crippen molar-refractivity contribution in [3.63, 3.8) is 0 Å². The predicted octanol–water partition coefficient (Wildman–Crippen LogP) is 2.68. The van der Waals surface area contributed by atoms with Gasteiger partial charge < -0.3 is 14.8 Å². The number of carbonyl (C=O) groups is 1. The first-order chi connectivity index (χ1) is 8.08. The quantitative estimate of drug-likeness (QED) is 0.850. The molecule has 0 radical (unpaired) electrons. The maximum absolute atomic E-state index is 11.2. The van der Waals surface area contributed by atoms with E-state index in [1.54, 1.807) is 7.11 Å². The number of hydrogen-bond acceptors (Lipinski definition) is 4. The van der Waals surface area contributed by atoms with Crippen LogP contribution in [-0.4, -0.2) is 26.7 Å². The molecule has 94 valence electrons. The molecule has 4 nitrogen and oxygen atoms in total. The zero-order valence-electron chi connectivity index (χ0n) is 10.1. The minimum Gasteiger partial charge on any atom is -0.497 e. The first-order valence-electron chi connectivity index (χ1n) is 5.23. The predicted molar refractivity (Wildman–Crippen MR) is 70.4 cm³/mol. The van der Waals surface area contributed by atoms with Gasteiger partial charge in [0.25, 0.3) is 0 Å². The van der Waals surface area contributed by atoms with Gasteiger partial charge in [0.2, 0.25) is 0 Å². The summed E-state index contributed by atoms with van der Waals surface area (Å²) in [6, 6.07) is 5.62. The maximum Gasteiger partial charge on any atom is 0.310 e.